The molecule has 3 atom stereocenters. The summed E-state index contributed by atoms with van der Waals surface area (Å²) in [6.45, 7) is 9.36. The Hall–Kier alpha value is -5.04. The summed E-state index contributed by atoms with van der Waals surface area (Å²) in [5, 5.41) is 21.0. The van der Waals surface area contributed by atoms with Crippen molar-refractivity contribution in [2.24, 2.45) is 4.99 Å². The van der Waals surface area contributed by atoms with Gasteiger partial charge in [-0.2, -0.15) is 0 Å². The van der Waals surface area contributed by atoms with Crippen LogP contribution in [-0.2, 0) is 0 Å². The van der Waals surface area contributed by atoms with Crippen molar-refractivity contribution in [2.75, 3.05) is 45.4 Å². The fourth-order valence-corrected chi connectivity index (χ4v) is 6.55. The van der Waals surface area contributed by atoms with E-state index in [0.29, 0.717) is 61.6 Å². The minimum Gasteiger partial charge on any atom is -0.493 e. The van der Waals surface area contributed by atoms with Crippen molar-refractivity contribution in [1.29, 1.82) is 0 Å². The maximum Gasteiger partial charge on any atom is 0.414 e. The molecule has 2 fully saturated rings. The van der Waals surface area contributed by atoms with Crippen LogP contribution in [0.25, 0.3) is 0 Å². The third-order valence-corrected chi connectivity index (χ3v) is 8.89. The molecule has 6 rings (SSSR count). The SMILES string of the molecule is C=C1CC2C(O)N(C(=O)O)c3cc(OCCCCCOc4cc5c(cc4OC)C(=O)N4CC(=C)C[C@H]4C=N5)c(OC)cc3C(=O)N2C1. The molecule has 4 heterocycles. The Morgan fingerprint density at radius 2 is 1.45 bits per heavy atom. The van der Waals surface area contributed by atoms with E-state index in [-0.39, 0.29) is 47.9 Å². The van der Waals surface area contributed by atoms with Gasteiger partial charge in [0.15, 0.2) is 29.2 Å². The van der Waals surface area contributed by atoms with E-state index in [2.05, 4.69) is 18.2 Å². The van der Waals surface area contributed by atoms with E-state index in [1.54, 1.807) is 23.2 Å². The number of benzene rings is 2. The number of hydrogen-bond acceptors (Lipinski definition) is 9. The first-order valence-electron chi connectivity index (χ1n) is 15.5. The number of anilines is 1. The van der Waals surface area contributed by atoms with Gasteiger partial charge in [-0.05, 0) is 44.2 Å². The lowest BCUT2D eigenvalue weighted by Crippen LogP contribution is -2.50. The second-order valence-corrected chi connectivity index (χ2v) is 12.1. The number of fused-ring (bicyclic) bond motifs is 4. The quantitative estimate of drug-likeness (QED) is 0.283. The highest BCUT2D eigenvalue weighted by atomic mass is 16.5. The highest BCUT2D eigenvalue weighted by Crippen LogP contribution is 2.42. The molecule has 0 saturated carbocycles. The molecule has 2 saturated heterocycles. The molecule has 2 aromatic rings. The van der Waals surface area contributed by atoms with Crippen molar-refractivity contribution < 1.29 is 43.5 Å². The predicted molar refractivity (Wildman–Crippen MR) is 173 cm³/mol. The lowest BCUT2D eigenvalue weighted by atomic mass is 10.1. The summed E-state index contributed by atoms with van der Waals surface area (Å²) < 4.78 is 23.0. The van der Waals surface area contributed by atoms with E-state index in [1.807, 2.05) is 0 Å². The van der Waals surface area contributed by atoms with Crippen LogP contribution in [0, 0.1) is 0 Å². The molecule has 0 aromatic heterocycles. The minimum absolute atomic E-state index is 0.0331. The number of rotatable bonds is 10. The van der Waals surface area contributed by atoms with Crippen LogP contribution in [0.1, 0.15) is 52.8 Å². The van der Waals surface area contributed by atoms with Crippen LogP contribution in [0.3, 0.4) is 0 Å². The van der Waals surface area contributed by atoms with E-state index in [9.17, 15) is 24.6 Å². The van der Waals surface area contributed by atoms with Gasteiger partial charge in [0, 0.05) is 31.4 Å². The first-order valence-corrected chi connectivity index (χ1v) is 15.5. The zero-order valence-electron chi connectivity index (χ0n) is 26.4. The summed E-state index contributed by atoms with van der Waals surface area (Å²) in [6.07, 6.45) is 2.02. The summed E-state index contributed by atoms with van der Waals surface area (Å²) in [5.41, 5.74) is 2.87. The maximum absolute atomic E-state index is 13.4. The van der Waals surface area contributed by atoms with E-state index < -0.39 is 24.3 Å². The van der Waals surface area contributed by atoms with Crippen LogP contribution < -0.4 is 23.8 Å². The third kappa shape index (κ3) is 5.98. The number of amides is 3. The zero-order chi connectivity index (χ0) is 33.4. The van der Waals surface area contributed by atoms with Gasteiger partial charge < -0.3 is 39.0 Å². The standard InChI is InChI=1S/C34H38N4O9/c1-19-10-21-16-35-24-14-29(27(44-3)12-22(24)31(39)36(21)17-19)46-8-6-5-7-9-47-30-15-25-23(13-28(30)45-4)32(40)37-18-20(2)11-26(37)33(41)38(25)34(42)43/h12-16,21,26,33,41H,1-2,5-11,17-18H2,3-4H3,(H,42,43)/t21-,26?,33?/m0/s1. The van der Waals surface area contributed by atoms with Crippen molar-refractivity contribution in [3.8, 4) is 23.0 Å². The molecule has 0 radical (unpaired) electrons. The molecule has 0 bridgehead atoms. The third-order valence-electron chi connectivity index (χ3n) is 8.89. The summed E-state index contributed by atoms with van der Waals surface area (Å²) in [6, 6.07) is 5.45. The number of carbonyl (C=O) groups excluding carboxylic acids is 2. The average Bonchev–Trinajstić information content (AvgIpc) is 3.58. The van der Waals surface area contributed by atoms with Gasteiger partial charge in [-0.25, -0.2) is 9.69 Å². The molecular weight excluding hydrogens is 608 g/mol. The molecule has 13 nitrogen and oxygen atoms in total. The maximum atomic E-state index is 13.4. The minimum atomic E-state index is -1.47. The normalized spacial score (nSPS) is 21.5. The molecule has 2 unspecified atom stereocenters. The van der Waals surface area contributed by atoms with Crippen LogP contribution in [0.2, 0.25) is 0 Å². The number of methoxy groups -OCH3 is 2. The van der Waals surface area contributed by atoms with Gasteiger partial charge in [0.1, 0.15) is 0 Å². The molecule has 4 aliphatic rings. The van der Waals surface area contributed by atoms with Crippen LogP contribution in [0.15, 0.2) is 53.6 Å². The molecular formula is C34H38N4O9. The molecule has 2 aromatic carbocycles. The number of aliphatic imine (C=N–C) groups is 1. The predicted octanol–water partition coefficient (Wildman–Crippen LogP) is 4.41. The lowest BCUT2D eigenvalue weighted by Gasteiger charge is -2.30. The Bertz CT molecular complexity index is 1670. The number of ether oxygens (including phenoxy) is 4. The molecule has 0 spiro atoms. The number of aliphatic hydroxyl groups excluding tert-OH is 1. The highest BCUT2D eigenvalue weighted by Gasteiger charge is 2.46. The average molecular weight is 647 g/mol. The van der Waals surface area contributed by atoms with Crippen LogP contribution in [-0.4, -0.2) is 103 Å². The Morgan fingerprint density at radius 3 is 2.11 bits per heavy atom. The summed E-state index contributed by atoms with van der Waals surface area (Å²) in [7, 11) is 2.97. The van der Waals surface area contributed by atoms with Crippen molar-refractivity contribution in [3.05, 3.63) is 59.7 Å². The Labute approximate surface area is 272 Å². The Balaban J connectivity index is 1.07. The topological polar surface area (TPSA) is 151 Å². The molecule has 13 heteroatoms. The Kier molecular flexibility index (Phi) is 8.82. The smallest absolute Gasteiger partial charge is 0.414 e. The van der Waals surface area contributed by atoms with Gasteiger partial charge in [-0.3, -0.25) is 14.6 Å². The highest BCUT2D eigenvalue weighted by molar-refractivity contribution is 6.06. The van der Waals surface area contributed by atoms with Gasteiger partial charge in [0.2, 0.25) is 0 Å². The van der Waals surface area contributed by atoms with Gasteiger partial charge >= 0.3 is 6.09 Å². The number of carbonyl (C=O) groups is 3. The van der Waals surface area contributed by atoms with Gasteiger partial charge in [0.05, 0.1) is 62.0 Å². The lowest BCUT2D eigenvalue weighted by molar-refractivity contribution is 0.0511. The van der Waals surface area contributed by atoms with Crippen molar-refractivity contribution in [2.45, 2.75) is 50.4 Å². The van der Waals surface area contributed by atoms with E-state index >= 15 is 0 Å². The second-order valence-electron chi connectivity index (χ2n) is 12.1. The molecule has 248 valence electrons. The number of aliphatic hydroxyl groups is 1. The van der Waals surface area contributed by atoms with Crippen molar-refractivity contribution in [3.63, 3.8) is 0 Å². The molecule has 2 N–H and O–H groups in total. The first-order chi connectivity index (χ1) is 22.6. The summed E-state index contributed by atoms with van der Waals surface area (Å²) >= 11 is 0. The first kappa shape index (κ1) is 31.9. The molecule has 4 aliphatic heterocycles. The number of carboxylic acid groups (broad SMARTS) is 1. The van der Waals surface area contributed by atoms with Crippen LogP contribution >= 0.6 is 0 Å². The van der Waals surface area contributed by atoms with Gasteiger partial charge in [0.25, 0.3) is 11.8 Å². The number of hydrogen-bond donors (Lipinski definition) is 2. The fraction of sp³-hybridized carbons (Fsp3) is 0.412. The largest absolute Gasteiger partial charge is 0.493 e. The van der Waals surface area contributed by atoms with Crippen molar-refractivity contribution in [1.82, 2.24) is 9.80 Å². The van der Waals surface area contributed by atoms with E-state index in [0.717, 1.165) is 22.5 Å². The summed E-state index contributed by atoms with van der Waals surface area (Å²) in [4.78, 5) is 47.5. The summed E-state index contributed by atoms with van der Waals surface area (Å²) in [5.74, 6) is 0.966. The van der Waals surface area contributed by atoms with E-state index in [1.165, 1.54) is 31.3 Å². The number of unbranched alkanes of at least 4 members (excludes halogenated alkanes) is 2. The van der Waals surface area contributed by atoms with Crippen molar-refractivity contribution >= 4 is 35.5 Å². The van der Waals surface area contributed by atoms with Gasteiger partial charge in [-0.15, -0.1) is 0 Å². The molecule has 0 aliphatic carbocycles. The molecule has 3 amide bonds. The zero-order valence-corrected chi connectivity index (χ0v) is 26.4. The molecule has 47 heavy (non-hydrogen) atoms. The van der Waals surface area contributed by atoms with E-state index in [4.69, 9.17) is 18.9 Å². The Morgan fingerprint density at radius 1 is 0.851 bits per heavy atom. The second kappa shape index (κ2) is 13.0. The monoisotopic (exact) mass is 646 g/mol. The van der Waals surface area contributed by atoms with Crippen LogP contribution in [0.4, 0.5) is 16.2 Å². The van der Waals surface area contributed by atoms with Crippen LogP contribution in [0.5, 0.6) is 23.0 Å². The fourth-order valence-electron chi connectivity index (χ4n) is 6.55. The number of nitrogens with zero attached hydrogens (tertiary/aromatic N) is 4. The van der Waals surface area contributed by atoms with Gasteiger partial charge in [-0.1, -0.05) is 24.3 Å².